The van der Waals surface area contributed by atoms with Crippen LogP contribution in [0.25, 0.3) is 0 Å². The van der Waals surface area contributed by atoms with Gasteiger partial charge in [0.15, 0.2) is 14.5 Å². The lowest BCUT2D eigenvalue weighted by Gasteiger charge is -2.40. The zero-order valence-corrected chi connectivity index (χ0v) is 18.9. The van der Waals surface area contributed by atoms with E-state index < -0.39 is 32.9 Å². The lowest BCUT2D eigenvalue weighted by atomic mass is 10.1. The van der Waals surface area contributed by atoms with Crippen LogP contribution in [0.5, 0.6) is 0 Å². The molecule has 1 fully saturated rings. The number of hydrogen-bond acceptors (Lipinski definition) is 6. The number of nitriles is 1. The number of nitrogens with one attached hydrogen (secondary N) is 1. The molecule has 3 N–H and O–H groups in total. The molecule has 0 saturated carbocycles. The average Bonchev–Trinajstić information content (AvgIpc) is 2.90. The number of hydrogen-bond donors (Lipinski definition) is 4. The number of aliphatic hydroxyl groups excluding tert-OH is 2. The van der Waals surface area contributed by atoms with Crippen molar-refractivity contribution in [1.29, 1.82) is 5.26 Å². The van der Waals surface area contributed by atoms with Crippen molar-refractivity contribution in [2.24, 2.45) is 0 Å². The summed E-state index contributed by atoms with van der Waals surface area (Å²) >= 11 is 0.860. The van der Waals surface area contributed by atoms with Gasteiger partial charge >= 0.3 is 5.69 Å². The molecule has 158 valence electrons. The minimum Gasteiger partial charge on any atom is -0.407 e. The van der Waals surface area contributed by atoms with Crippen molar-refractivity contribution in [2.45, 2.75) is 69.9 Å². The Morgan fingerprint density at radius 3 is 2.68 bits per heavy atom. The topological polar surface area (TPSA) is 120 Å². The van der Waals surface area contributed by atoms with E-state index in [9.17, 15) is 15.0 Å². The number of aliphatic hydroxyl groups is 2. The number of aromatic nitrogens is 2. The second kappa shape index (κ2) is 9.07. The largest absolute Gasteiger partial charge is 0.407 e. The predicted molar refractivity (Wildman–Crippen MR) is 111 cm³/mol. The van der Waals surface area contributed by atoms with Gasteiger partial charge in [-0.1, -0.05) is 20.8 Å². The molecule has 8 nitrogen and oxygen atoms in total. The molecule has 0 amide bonds. The second-order valence-corrected chi connectivity index (χ2v) is 14.4. The van der Waals surface area contributed by atoms with Gasteiger partial charge in [0.1, 0.15) is 18.3 Å². The average molecular weight is 430 g/mol. The highest BCUT2D eigenvalue weighted by atomic mass is 32.1. The fourth-order valence-corrected chi connectivity index (χ4v) is 4.78. The number of aromatic amines is 1. The molecule has 0 spiro atoms. The summed E-state index contributed by atoms with van der Waals surface area (Å²) in [6.45, 7) is 10.0. The summed E-state index contributed by atoms with van der Waals surface area (Å²) in [5, 5.41) is 28.8. The molecule has 1 saturated heterocycles. The second-order valence-electron chi connectivity index (χ2n) is 8.41. The Hall–Kier alpha value is -1.22. The molecule has 0 unspecified atom stereocenters. The SMILES string of the molecule is CC(C)(C)[Si](C)(C)O[C@@H]1[C@@H](O)[C@@H](CO)O[C@H]1n1ccc(=[SH]CCC#N)[nH]c1=O. The van der Waals surface area contributed by atoms with Gasteiger partial charge in [-0.2, -0.15) is 16.6 Å². The van der Waals surface area contributed by atoms with E-state index in [-0.39, 0.29) is 17.3 Å². The van der Waals surface area contributed by atoms with Gasteiger partial charge in [-0.15, -0.1) is 0 Å². The maximum Gasteiger partial charge on any atom is 0.328 e. The van der Waals surface area contributed by atoms with Crippen LogP contribution in [-0.2, 0) is 9.16 Å². The summed E-state index contributed by atoms with van der Waals surface area (Å²) in [4.78, 5) is 15.4. The summed E-state index contributed by atoms with van der Waals surface area (Å²) in [7, 11) is -2.26. The number of H-pyrrole nitrogens is 1. The monoisotopic (exact) mass is 429 g/mol. The van der Waals surface area contributed by atoms with Crippen molar-refractivity contribution in [3.05, 3.63) is 27.4 Å². The lowest BCUT2D eigenvalue weighted by Crippen LogP contribution is -2.49. The first-order valence-corrected chi connectivity index (χ1v) is 13.3. The van der Waals surface area contributed by atoms with Gasteiger partial charge in [0.2, 0.25) is 0 Å². The first-order valence-electron chi connectivity index (χ1n) is 9.33. The Morgan fingerprint density at radius 1 is 1.46 bits per heavy atom. The summed E-state index contributed by atoms with van der Waals surface area (Å²) in [5.74, 6) is 0.638. The summed E-state index contributed by atoms with van der Waals surface area (Å²) in [6.07, 6.45) is -1.44. The standard InChI is InChI=1S/C18H31N3O5SSi/c1-18(2,3)28(4,5)26-15-14(23)12(11-22)25-16(15)21-9-7-13(20-17(21)24)27-10-6-8-19/h7,9,12,14-16,22-23,27H,6,10-11H2,1-5H3,(H,20,24)/t12-,14+,15-,16-/m1/s1. The fourth-order valence-electron chi connectivity index (χ4n) is 2.69. The number of rotatable bonds is 6. The Morgan fingerprint density at radius 2 is 2.14 bits per heavy atom. The van der Waals surface area contributed by atoms with E-state index >= 15 is 0 Å². The molecular formula is C18H31N3O5SSi. The molecule has 1 aromatic rings. The van der Waals surface area contributed by atoms with Gasteiger partial charge in [0.05, 0.1) is 17.3 Å². The van der Waals surface area contributed by atoms with Crippen LogP contribution in [-0.4, -0.2) is 58.8 Å². The molecule has 4 atom stereocenters. The highest BCUT2D eigenvalue weighted by Crippen LogP contribution is 2.41. The van der Waals surface area contributed by atoms with Crippen LogP contribution in [0, 0.1) is 16.0 Å². The van der Waals surface area contributed by atoms with Gasteiger partial charge in [-0.25, -0.2) is 4.79 Å². The summed E-state index contributed by atoms with van der Waals surface area (Å²) in [6, 6.07) is 3.83. The van der Waals surface area contributed by atoms with Gasteiger partial charge in [0, 0.05) is 18.4 Å². The van der Waals surface area contributed by atoms with Crippen LogP contribution >= 0.6 is 11.4 Å². The van der Waals surface area contributed by atoms with Gasteiger partial charge in [0.25, 0.3) is 0 Å². The van der Waals surface area contributed by atoms with Gasteiger partial charge in [-0.3, -0.25) is 4.57 Å². The normalized spacial score (nSPS) is 26.7. The van der Waals surface area contributed by atoms with E-state index in [1.165, 1.54) is 4.57 Å². The molecule has 2 rings (SSSR count). The molecule has 0 bridgehead atoms. The van der Waals surface area contributed by atoms with Crippen LogP contribution in [0.3, 0.4) is 0 Å². The smallest absolute Gasteiger partial charge is 0.328 e. The van der Waals surface area contributed by atoms with E-state index in [4.69, 9.17) is 14.4 Å². The lowest BCUT2D eigenvalue weighted by molar-refractivity contribution is -0.0534. The zero-order valence-electron chi connectivity index (χ0n) is 17.0. The maximum atomic E-state index is 12.6. The molecule has 0 aromatic carbocycles. The van der Waals surface area contributed by atoms with E-state index in [0.29, 0.717) is 16.8 Å². The third-order valence-electron chi connectivity index (χ3n) is 5.37. The molecule has 10 heteroatoms. The Bertz CT molecular complexity index is 839. The first-order chi connectivity index (χ1) is 13.0. The van der Waals surface area contributed by atoms with Crippen LogP contribution < -0.4 is 5.69 Å². The maximum absolute atomic E-state index is 12.6. The molecule has 1 aliphatic heterocycles. The van der Waals surface area contributed by atoms with Gasteiger partial charge < -0.3 is 24.4 Å². The molecule has 1 aliphatic rings. The van der Waals surface area contributed by atoms with Crippen LogP contribution in [0.1, 0.15) is 33.4 Å². The van der Waals surface area contributed by atoms with E-state index in [1.54, 1.807) is 12.3 Å². The fraction of sp³-hybridized carbons (Fsp3) is 0.722. The van der Waals surface area contributed by atoms with Crippen molar-refractivity contribution in [3.63, 3.8) is 0 Å². The zero-order chi connectivity index (χ0) is 21.1. The first kappa shape index (κ1) is 23.1. The molecule has 1 aromatic heterocycles. The van der Waals surface area contributed by atoms with Crippen LogP contribution in [0.4, 0.5) is 0 Å². The van der Waals surface area contributed by atoms with E-state index in [1.807, 2.05) is 0 Å². The van der Waals surface area contributed by atoms with Crippen LogP contribution in [0.15, 0.2) is 17.1 Å². The molecule has 2 heterocycles. The Labute approximate surface area is 169 Å². The van der Waals surface area contributed by atoms with Crippen molar-refractivity contribution in [3.8, 4) is 6.07 Å². The predicted octanol–water partition coefficient (Wildman–Crippen LogP) is 1.73. The number of nitrogens with zero attached hydrogens (tertiary/aromatic N) is 2. The van der Waals surface area contributed by atoms with Crippen molar-refractivity contribution >= 4 is 19.7 Å². The third-order valence-corrected chi connectivity index (χ3v) is 10.9. The number of thiol groups is 1. The minimum atomic E-state index is -2.26. The summed E-state index contributed by atoms with van der Waals surface area (Å²) in [5.41, 5.74) is -0.387. The van der Waals surface area contributed by atoms with Crippen molar-refractivity contribution < 1.29 is 19.4 Å². The Kier molecular flexibility index (Phi) is 7.47. The Balaban J connectivity index is 2.37. The highest BCUT2D eigenvalue weighted by molar-refractivity contribution is 7.91. The van der Waals surface area contributed by atoms with Crippen molar-refractivity contribution in [1.82, 2.24) is 9.55 Å². The molecule has 0 radical (unpaired) electrons. The van der Waals surface area contributed by atoms with Crippen LogP contribution in [0.2, 0.25) is 18.1 Å². The molecular weight excluding hydrogens is 398 g/mol. The van der Waals surface area contributed by atoms with E-state index in [2.05, 4.69) is 44.9 Å². The summed E-state index contributed by atoms with van der Waals surface area (Å²) < 4.78 is 14.2. The minimum absolute atomic E-state index is 0.0882. The van der Waals surface area contributed by atoms with Crippen molar-refractivity contribution in [2.75, 3.05) is 12.4 Å². The molecule has 28 heavy (non-hydrogen) atoms. The highest BCUT2D eigenvalue weighted by Gasteiger charge is 2.50. The van der Waals surface area contributed by atoms with E-state index in [0.717, 1.165) is 11.4 Å². The molecule has 0 aliphatic carbocycles. The van der Waals surface area contributed by atoms with Gasteiger partial charge in [-0.05, 0) is 24.2 Å². The number of ether oxygens (including phenoxy) is 1. The third kappa shape index (κ3) is 5.03. The quantitative estimate of drug-likeness (QED) is 0.237.